The fraction of sp³-hybridized carbons (Fsp3) is 0.235. The minimum atomic E-state index is -0.276. The number of urea groups is 1. The smallest absolute Gasteiger partial charge is 0.319 e. The molecule has 0 unspecified atom stereocenters. The molecule has 0 aliphatic rings. The lowest BCUT2D eigenvalue weighted by atomic mass is 10.1. The van der Waals surface area contributed by atoms with Crippen LogP contribution in [0.2, 0.25) is 5.02 Å². The lowest BCUT2D eigenvalue weighted by Gasteiger charge is -2.13. The number of carbonyl (C=O) groups is 1. The Hall–Kier alpha value is -1.72. The number of hydrogen-bond acceptors (Lipinski definition) is 2. The standard InChI is InChI=1S/C17H18BrClN2O2/c1-11-9-15(16(23-2)10-14(11)19)21-17(22)20-8-7-12-3-5-13(18)6-4-12/h3-6,9-10H,7-8H2,1-2H3,(H2,20,21,22). The van der Waals surface area contributed by atoms with Crippen LogP contribution >= 0.6 is 27.5 Å². The van der Waals surface area contributed by atoms with Crippen molar-refractivity contribution in [3.05, 3.63) is 57.0 Å². The molecule has 0 atom stereocenters. The summed E-state index contributed by atoms with van der Waals surface area (Å²) in [6.07, 6.45) is 0.761. The Labute approximate surface area is 149 Å². The Balaban J connectivity index is 1.89. The molecule has 0 spiro atoms. The predicted molar refractivity (Wildman–Crippen MR) is 97.6 cm³/mol. The normalized spacial score (nSPS) is 10.3. The van der Waals surface area contributed by atoms with Crippen LogP contribution in [0.5, 0.6) is 5.75 Å². The van der Waals surface area contributed by atoms with Gasteiger partial charge in [-0.1, -0.05) is 39.7 Å². The molecule has 0 aliphatic heterocycles. The Morgan fingerprint density at radius 1 is 1.26 bits per heavy atom. The van der Waals surface area contributed by atoms with E-state index in [1.807, 2.05) is 31.2 Å². The van der Waals surface area contributed by atoms with Gasteiger partial charge in [0.25, 0.3) is 0 Å². The van der Waals surface area contributed by atoms with Crippen LogP contribution in [0.3, 0.4) is 0 Å². The van der Waals surface area contributed by atoms with Gasteiger partial charge in [0.1, 0.15) is 5.75 Å². The van der Waals surface area contributed by atoms with Gasteiger partial charge in [0.05, 0.1) is 12.8 Å². The minimum absolute atomic E-state index is 0.276. The van der Waals surface area contributed by atoms with E-state index in [0.717, 1.165) is 22.0 Å². The van der Waals surface area contributed by atoms with Gasteiger partial charge in [0, 0.05) is 22.1 Å². The van der Waals surface area contributed by atoms with E-state index in [1.54, 1.807) is 12.1 Å². The van der Waals surface area contributed by atoms with Gasteiger partial charge in [0.15, 0.2) is 0 Å². The van der Waals surface area contributed by atoms with Crippen LogP contribution in [0, 0.1) is 6.92 Å². The maximum absolute atomic E-state index is 12.0. The molecular weight excluding hydrogens is 380 g/mol. The summed E-state index contributed by atoms with van der Waals surface area (Å²) in [5, 5.41) is 6.21. The molecule has 6 heteroatoms. The molecule has 0 saturated heterocycles. The Kier molecular flexibility index (Phi) is 6.30. The predicted octanol–water partition coefficient (Wildman–Crippen LogP) is 4.78. The maximum Gasteiger partial charge on any atom is 0.319 e. The quantitative estimate of drug-likeness (QED) is 0.762. The lowest BCUT2D eigenvalue weighted by Crippen LogP contribution is -2.30. The third kappa shape index (κ3) is 5.15. The molecule has 23 heavy (non-hydrogen) atoms. The number of benzene rings is 2. The molecule has 2 N–H and O–H groups in total. The summed E-state index contributed by atoms with van der Waals surface area (Å²) >= 11 is 9.45. The molecule has 0 aliphatic carbocycles. The molecule has 2 aromatic carbocycles. The van der Waals surface area contributed by atoms with E-state index in [4.69, 9.17) is 16.3 Å². The zero-order chi connectivity index (χ0) is 16.8. The number of rotatable bonds is 5. The second kappa shape index (κ2) is 8.22. The molecule has 4 nitrogen and oxygen atoms in total. The highest BCUT2D eigenvalue weighted by Gasteiger charge is 2.10. The molecule has 0 bridgehead atoms. The lowest BCUT2D eigenvalue weighted by molar-refractivity contribution is 0.252. The van der Waals surface area contributed by atoms with E-state index >= 15 is 0 Å². The van der Waals surface area contributed by atoms with E-state index in [9.17, 15) is 4.79 Å². The highest BCUT2D eigenvalue weighted by molar-refractivity contribution is 9.10. The fourth-order valence-electron chi connectivity index (χ4n) is 2.07. The van der Waals surface area contributed by atoms with Crippen molar-refractivity contribution < 1.29 is 9.53 Å². The average molecular weight is 398 g/mol. The highest BCUT2D eigenvalue weighted by atomic mass is 79.9. The van der Waals surface area contributed by atoms with E-state index in [0.29, 0.717) is 23.0 Å². The van der Waals surface area contributed by atoms with Crippen LogP contribution in [-0.4, -0.2) is 19.7 Å². The monoisotopic (exact) mass is 396 g/mol. The van der Waals surface area contributed by atoms with Gasteiger partial charge >= 0.3 is 6.03 Å². The van der Waals surface area contributed by atoms with Crippen LogP contribution in [0.25, 0.3) is 0 Å². The number of methoxy groups -OCH3 is 1. The first kappa shape index (κ1) is 17.6. The first-order chi connectivity index (χ1) is 11.0. The first-order valence-electron chi connectivity index (χ1n) is 7.13. The number of ether oxygens (including phenoxy) is 1. The molecule has 0 saturated carbocycles. The van der Waals surface area contributed by atoms with Crippen molar-refractivity contribution in [2.75, 3.05) is 19.0 Å². The van der Waals surface area contributed by atoms with Gasteiger partial charge in [-0.05, 0) is 42.7 Å². The van der Waals surface area contributed by atoms with Gasteiger partial charge in [-0.15, -0.1) is 0 Å². The number of amides is 2. The van der Waals surface area contributed by atoms with Gasteiger partial charge in [-0.25, -0.2) is 4.79 Å². The molecule has 0 fully saturated rings. The number of anilines is 1. The van der Waals surface area contributed by atoms with Crippen LogP contribution in [-0.2, 0) is 6.42 Å². The number of hydrogen-bond donors (Lipinski definition) is 2. The molecule has 122 valence electrons. The number of nitrogens with one attached hydrogen (secondary N) is 2. The fourth-order valence-corrected chi connectivity index (χ4v) is 2.49. The molecule has 2 rings (SSSR count). The second-order valence-corrected chi connectivity index (χ2v) is 6.38. The van der Waals surface area contributed by atoms with Gasteiger partial charge < -0.3 is 15.4 Å². The van der Waals surface area contributed by atoms with Crippen LogP contribution in [0.15, 0.2) is 40.9 Å². The van der Waals surface area contributed by atoms with Crippen LogP contribution < -0.4 is 15.4 Å². The molecule has 0 aromatic heterocycles. The molecule has 0 heterocycles. The van der Waals surface area contributed by atoms with E-state index in [-0.39, 0.29) is 6.03 Å². The Bertz CT molecular complexity index is 690. The zero-order valence-electron chi connectivity index (χ0n) is 13.0. The molecular formula is C17H18BrClN2O2. The molecule has 0 radical (unpaired) electrons. The van der Waals surface area contributed by atoms with Crippen molar-refractivity contribution in [1.82, 2.24) is 5.32 Å². The van der Waals surface area contributed by atoms with E-state index < -0.39 is 0 Å². The Morgan fingerprint density at radius 3 is 2.61 bits per heavy atom. The second-order valence-electron chi connectivity index (χ2n) is 5.06. The van der Waals surface area contributed by atoms with Crippen LogP contribution in [0.1, 0.15) is 11.1 Å². The van der Waals surface area contributed by atoms with Crippen molar-refractivity contribution in [2.45, 2.75) is 13.3 Å². The average Bonchev–Trinajstić information content (AvgIpc) is 2.52. The van der Waals surface area contributed by atoms with Crippen molar-refractivity contribution in [1.29, 1.82) is 0 Å². The maximum atomic E-state index is 12.0. The molecule has 2 amide bonds. The van der Waals surface area contributed by atoms with Crippen LogP contribution in [0.4, 0.5) is 10.5 Å². The number of halogens is 2. The highest BCUT2D eigenvalue weighted by Crippen LogP contribution is 2.30. The third-order valence-electron chi connectivity index (χ3n) is 3.34. The summed E-state index contributed by atoms with van der Waals surface area (Å²) in [5.41, 5.74) is 2.63. The van der Waals surface area contributed by atoms with Gasteiger partial charge in [-0.2, -0.15) is 0 Å². The summed E-state index contributed by atoms with van der Waals surface area (Å²) in [5.74, 6) is 0.531. The summed E-state index contributed by atoms with van der Waals surface area (Å²) in [4.78, 5) is 12.0. The Morgan fingerprint density at radius 2 is 1.96 bits per heavy atom. The number of carbonyl (C=O) groups excluding carboxylic acids is 1. The van der Waals surface area contributed by atoms with Crippen molar-refractivity contribution >= 4 is 39.2 Å². The summed E-state index contributed by atoms with van der Waals surface area (Å²) in [6.45, 7) is 2.42. The van der Waals surface area contributed by atoms with E-state index in [2.05, 4.69) is 26.6 Å². The summed E-state index contributed by atoms with van der Waals surface area (Å²) in [6, 6.07) is 11.2. The van der Waals surface area contributed by atoms with Crippen molar-refractivity contribution in [3.8, 4) is 5.75 Å². The topological polar surface area (TPSA) is 50.4 Å². The van der Waals surface area contributed by atoms with Gasteiger partial charge in [0.2, 0.25) is 0 Å². The summed E-state index contributed by atoms with van der Waals surface area (Å²) < 4.78 is 6.27. The third-order valence-corrected chi connectivity index (χ3v) is 4.28. The van der Waals surface area contributed by atoms with Crippen molar-refractivity contribution in [2.24, 2.45) is 0 Å². The zero-order valence-corrected chi connectivity index (χ0v) is 15.3. The van der Waals surface area contributed by atoms with E-state index in [1.165, 1.54) is 7.11 Å². The SMILES string of the molecule is COc1cc(Cl)c(C)cc1NC(=O)NCCc1ccc(Br)cc1. The number of aryl methyl sites for hydroxylation is 1. The summed E-state index contributed by atoms with van der Waals surface area (Å²) in [7, 11) is 1.54. The van der Waals surface area contributed by atoms with Crippen molar-refractivity contribution in [3.63, 3.8) is 0 Å². The molecule has 2 aromatic rings. The largest absolute Gasteiger partial charge is 0.495 e. The first-order valence-corrected chi connectivity index (χ1v) is 8.30. The minimum Gasteiger partial charge on any atom is -0.495 e. The van der Waals surface area contributed by atoms with Gasteiger partial charge in [-0.3, -0.25) is 0 Å².